The summed E-state index contributed by atoms with van der Waals surface area (Å²) in [5.74, 6) is 1.65. The van der Waals surface area contributed by atoms with Crippen molar-refractivity contribution in [2.75, 3.05) is 14.2 Å². The molecule has 0 aliphatic rings. The molecule has 106 valence electrons. The summed E-state index contributed by atoms with van der Waals surface area (Å²) < 4.78 is 10.5. The molecule has 3 aromatic rings. The van der Waals surface area contributed by atoms with Crippen LogP contribution < -0.4 is 9.47 Å². The molecule has 5 nitrogen and oxygen atoms in total. The zero-order valence-electron chi connectivity index (χ0n) is 11.5. The summed E-state index contributed by atoms with van der Waals surface area (Å²) in [4.78, 5) is 13.0. The lowest BCUT2D eigenvalue weighted by Crippen LogP contribution is -1.96. The molecule has 0 aliphatic heterocycles. The SMILES string of the molecule is COc1cc2nc(-c3ccccn3)nc(Cl)c2cc1OC. The average molecular weight is 302 g/mol. The third-order valence-corrected chi connectivity index (χ3v) is 3.34. The lowest BCUT2D eigenvalue weighted by Gasteiger charge is -2.10. The lowest BCUT2D eigenvalue weighted by molar-refractivity contribution is 0.356. The highest BCUT2D eigenvalue weighted by Gasteiger charge is 2.13. The van der Waals surface area contributed by atoms with Gasteiger partial charge in [0, 0.05) is 17.6 Å². The minimum atomic E-state index is 0.349. The van der Waals surface area contributed by atoms with Crippen molar-refractivity contribution in [3.8, 4) is 23.0 Å². The second-order valence-corrected chi connectivity index (χ2v) is 4.64. The Morgan fingerprint density at radius 2 is 1.76 bits per heavy atom. The number of ether oxygens (including phenoxy) is 2. The van der Waals surface area contributed by atoms with Gasteiger partial charge in [-0.25, -0.2) is 9.97 Å². The monoisotopic (exact) mass is 301 g/mol. The van der Waals surface area contributed by atoms with Gasteiger partial charge >= 0.3 is 0 Å². The summed E-state index contributed by atoms with van der Waals surface area (Å²) in [6.07, 6.45) is 1.69. The van der Waals surface area contributed by atoms with E-state index in [0.29, 0.717) is 39.1 Å². The van der Waals surface area contributed by atoms with Crippen molar-refractivity contribution in [2.45, 2.75) is 0 Å². The fourth-order valence-electron chi connectivity index (χ4n) is 2.03. The normalized spacial score (nSPS) is 10.6. The highest BCUT2D eigenvalue weighted by Crippen LogP contribution is 2.34. The minimum absolute atomic E-state index is 0.349. The Morgan fingerprint density at radius 3 is 2.43 bits per heavy atom. The van der Waals surface area contributed by atoms with Crippen molar-refractivity contribution >= 4 is 22.5 Å². The zero-order chi connectivity index (χ0) is 14.8. The van der Waals surface area contributed by atoms with Crippen molar-refractivity contribution < 1.29 is 9.47 Å². The summed E-state index contributed by atoms with van der Waals surface area (Å²) >= 11 is 6.26. The molecule has 0 aliphatic carbocycles. The summed E-state index contributed by atoms with van der Waals surface area (Å²) in [6.45, 7) is 0. The van der Waals surface area contributed by atoms with Crippen molar-refractivity contribution in [2.24, 2.45) is 0 Å². The summed E-state index contributed by atoms with van der Waals surface area (Å²) in [5.41, 5.74) is 1.34. The third kappa shape index (κ3) is 2.48. The van der Waals surface area contributed by atoms with Gasteiger partial charge in [0.1, 0.15) is 10.8 Å². The van der Waals surface area contributed by atoms with Crippen molar-refractivity contribution in [3.63, 3.8) is 0 Å². The van der Waals surface area contributed by atoms with Gasteiger partial charge < -0.3 is 9.47 Å². The number of aromatic nitrogens is 3. The molecule has 0 bridgehead atoms. The second kappa shape index (κ2) is 5.54. The number of fused-ring (bicyclic) bond motifs is 1. The topological polar surface area (TPSA) is 57.1 Å². The van der Waals surface area contributed by atoms with Crippen LogP contribution in [0, 0.1) is 0 Å². The largest absolute Gasteiger partial charge is 0.493 e. The fourth-order valence-corrected chi connectivity index (χ4v) is 2.26. The third-order valence-electron chi connectivity index (χ3n) is 3.05. The fraction of sp³-hybridized carbons (Fsp3) is 0.133. The number of hydrogen-bond donors (Lipinski definition) is 0. The van der Waals surface area contributed by atoms with Crippen molar-refractivity contribution in [1.82, 2.24) is 15.0 Å². The van der Waals surface area contributed by atoms with Crippen LogP contribution in [0.4, 0.5) is 0 Å². The van der Waals surface area contributed by atoms with E-state index in [1.165, 1.54) is 0 Å². The number of halogens is 1. The summed E-state index contributed by atoms with van der Waals surface area (Å²) in [6, 6.07) is 9.07. The van der Waals surface area contributed by atoms with E-state index in [9.17, 15) is 0 Å². The molecule has 0 fully saturated rings. The van der Waals surface area contributed by atoms with Crippen LogP contribution in [-0.2, 0) is 0 Å². The van der Waals surface area contributed by atoms with Crippen LogP contribution >= 0.6 is 11.6 Å². The molecule has 0 unspecified atom stereocenters. The molecule has 0 N–H and O–H groups in total. The van der Waals surface area contributed by atoms with Crippen LogP contribution in [-0.4, -0.2) is 29.2 Å². The van der Waals surface area contributed by atoms with E-state index < -0.39 is 0 Å². The van der Waals surface area contributed by atoms with Crippen LogP contribution in [0.15, 0.2) is 36.5 Å². The molecule has 0 saturated heterocycles. The maximum atomic E-state index is 6.26. The van der Waals surface area contributed by atoms with Crippen LogP contribution in [0.1, 0.15) is 0 Å². The van der Waals surface area contributed by atoms with Crippen molar-refractivity contribution in [3.05, 3.63) is 41.7 Å². The number of methoxy groups -OCH3 is 2. The molecule has 2 aromatic heterocycles. The Balaban J connectivity index is 2.24. The van der Waals surface area contributed by atoms with Crippen molar-refractivity contribution in [1.29, 1.82) is 0 Å². The van der Waals surface area contributed by atoms with E-state index in [1.54, 1.807) is 32.5 Å². The Morgan fingerprint density at radius 1 is 1.00 bits per heavy atom. The summed E-state index contributed by atoms with van der Waals surface area (Å²) in [7, 11) is 3.15. The van der Waals surface area contributed by atoms with E-state index >= 15 is 0 Å². The molecule has 21 heavy (non-hydrogen) atoms. The first kappa shape index (κ1) is 13.6. The molecule has 0 amide bonds. The van der Waals surface area contributed by atoms with Crippen LogP contribution in [0.5, 0.6) is 11.5 Å². The molecule has 6 heteroatoms. The van der Waals surface area contributed by atoms with Gasteiger partial charge in [-0.2, -0.15) is 0 Å². The predicted molar refractivity (Wildman–Crippen MR) is 80.9 cm³/mol. The molecular formula is C15H12ClN3O2. The van der Waals surface area contributed by atoms with Gasteiger partial charge in [0.2, 0.25) is 0 Å². The lowest BCUT2D eigenvalue weighted by atomic mass is 10.2. The number of hydrogen-bond acceptors (Lipinski definition) is 5. The van der Waals surface area contributed by atoms with Gasteiger partial charge in [0.15, 0.2) is 17.3 Å². The summed E-state index contributed by atoms with van der Waals surface area (Å²) in [5, 5.41) is 1.05. The maximum Gasteiger partial charge on any atom is 0.180 e. The molecule has 3 rings (SSSR count). The van der Waals surface area contributed by atoms with Gasteiger partial charge in [-0.05, 0) is 18.2 Å². The predicted octanol–water partition coefficient (Wildman–Crippen LogP) is 3.36. The molecule has 0 radical (unpaired) electrons. The van der Waals surface area contributed by atoms with Gasteiger partial charge in [-0.3, -0.25) is 4.98 Å². The maximum absolute atomic E-state index is 6.26. The number of pyridine rings is 1. The van der Waals surface area contributed by atoms with E-state index in [4.69, 9.17) is 21.1 Å². The van der Waals surface area contributed by atoms with Gasteiger partial charge in [-0.1, -0.05) is 17.7 Å². The first-order valence-electron chi connectivity index (χ1n) is 6.23. The Labute approximate surface area is 126 Å². The first-order valence-corrected chi connectivity index (χ1v) is 6.61. The second-order valence-electron chi connectivity index (χ2n) is 4.28. The molecule has 0 spiro atoms. The number of rotatable bonds is 3. The quantitative estimate of drug-likeness (QED) is 0.694. The standard InChI is InChI=1S/C15H12ClN3O2/c1-20-12-7-9-11(8-13(12)21-2)18-15(19-14(9)16)10-5-3-4-6-17-10/h3-8H,1-2H3. The van der Waals surface area contributed by atoms with E-state index in [1.807, 2.05) is 18.2 Å². The molecule has 2 heterocycles. The highest BCUT2D eigenvalue weighted by molar-refractivity contribution is 6.34. The van der Waals surface area contributed by atoms with Crippen LogP contribution in [0.3, 0.4) is 0 Å². The van der Waals surface area contributed by atoms with Crippen LogP contribution in [0.2, 0.25) is 5.15 Å². The smallest absolute Gasteiger partial charge is 0.180 e. The van der Waals surface area contributed by atoms with Gasteiger partial charge in [0.25, 0.3) is 0 Å². The Kier molecular flexibility index (Phi) is 3.58. The number of nitrogens with zero attached hydrogens (tertiary/aromatic N) is 3. The highest BCUT2D eigenvalue weighted by atomic mass is 35.5. The van der Waals surface area contributed by atoms with Gasteiger partial charge in [0.05, 0.1) is 19.7 Å². The van der Waals surface area contributed by atoms with E-state index in [0.717, 1.165) is 0 Å². The van der Waals surface area contributed by atoms with E-state index in [2.05, 4.69) is 15.0 Å². The average Bonchev–Trinajstić information content (AvgIpc) is 2.54. The van der Waals surface area contributed by atoms with E-state index in [-0.39, 0.29) is 0 Å². The van der Waals surface area contributed by atoms with Gasteiger partial charge in [-0.15, -0.1) is 0 Å². The Hall–Kier alpha value is -2.40. The molecule has 0 saturated carbocycles. The zero-order valence-corrected chi connectivity index (χ0v) is 12.3. The van der Waals surface area contributed by atoms with Crippen LogP contribution in [0.25, 0.3) is 22.4 Å². The number of benzene rings is 1. The first-order chi connectivity index (χ1) is 10.2. The molecule has 1 aromatic carbocycles. The molecular weight excluding hydrogens is 290 g/mol. The molecule has 0 atom stereocenters. The minimum Gasteiger partial charge on any atom is -0.493 e. The Bertz CT molecular complexity index is 794.